The fourth-order valence-electron chi connectivity index (χ4n) is 13.7. The second-order valence-electron chi connectivity index (χ2n) is 28.4. The number of allylic oxidation sites excluding steroid dienone is 4. The molecule has 4 aliphatic heterocycles. The second-order valence-corrected chi connectivity index (χ2v) is 31.2. The van der Waals surface area contributed by atoms with Gasteiger partial charge in [0.25, 0.3) is 0 Å². The van der Waals surface area contributed by atoms with Crippen molar-refractivity contribution >= 4 is 89.8 Å². The normalized spacial score (nSPS) is 15.8. The highest BCUT2D eigenvalue weighted by Crippen LogP contribution is 2.49. The monoisotopic (exact) mass is 1550 g/mol. The number of carboxylic acids is 2. The maximum Gasteiger partial charge on any atom is 0.370 e. The third-order valence-corrected chi connectivity index (χ3v) is 21.6. The van der Waals surface area contributed by atoms with E-state index in [-0.39, 0.29) is 62.1 Å². The van der Waals surface area contributed by atoms with Crippen LogP contribution in [0.15, 0.2) is 233 Å². The van der Waals surface area contributed by atoms with Gasteiger partial charge in [-0.25, -0.2) is 26.6 Å². The lowest BCUT2D eigenvalue weighted by molar-refractivity contribution is -0.440. The van der Waals surface area contributed by atoms with E-state index in [9.17, 15) is 45.7 Å². The number of benzene rings is 8. The summed E-state index contributed by atoms with van der Waals surface area (Å²) < 4.78 is 87.2. The van der Waals surface area contributed by atoms with Crippen LogP contribution in [0.4, 0.5) is 34.1 Å². The molecule has 0 aliphatic carbocycles. The summed E-state index contributed by atoms with van der Waals surface area (Å²) in [6.45, 7) is 24.1. The number of hydrogen-bond donors (Lipinski definition) is 5. The molecule has 0 radical (unpaired) electrons. The second kappa shape index (κ2) is 35.6. The number of ether oxygens (including phenoxy) is 2. The Hall–Kier alpha value is -10.0. The molecule has 0 saturated carbocycles. The van der Waals surface area contributed by atoms with Crippen LogP contribution in [-0.2, 0) is 51.5 Å². The number of fused-ring (bicyclic) bond motifs is 4. The predicted octanol–water partition coefficient (Wildman–Crippen LogP) is 12.8. The standard InChI is InChI=1S/C38H44N2O7S.C20H23NO2.C13H12N2.C13H15NO5S.BrH/c1-37(2)30-12-7-8-13-32(30)40(24-11-25-47-28-19-17-27(41)18-20-28)34(37)14-10-15-35-38(3,4)31-26-29(48(44,45)46)21-22-33(31)39(35)23-9-5-6-16-36(42)43;1-15-20(2,3)18-7-4-5-8-19(18)21(15)13-6-14-23-17-11-9-16(22)10-12-17;1-3-7-12(8-4-1)14-11-15-13-9-5-2-6-10-13;1-8-13(2,3)10-6-9(20(17,18)19)4-5-11(10)14(8)7-12(15)16;/h7-8,10,12-15,17-22,26H,5-6,9,11,16,23-25H2,1-4H3,(H2-,41,42,43,44,45,46);4-5,7-12H,6,13-14H2,1-3H3;1-11H,(H,14,15);4-6H,7H2,1-3H3,(H-,15,16,17,18,19);1H. The van der Waals surface area contributed by atoms with Crippen molar-refractivity contribution in [2.24, 2.45) is 4.99 Å². The maximum absolute atomic E-state index is 11.9. The van der Waals surface area contributed by atoms with Gasteiger partial charge >= 0.3 is 11.9 Å². The molecule has 0 fully saturated rings. The van der Waals surface area contributed by atoms with E-state index in [1.807, 2.05) is 94.4 Å². The molecule has 4 heterocycles. The van der Waals surface area contributed by atoms with Crippen molar-refractivity contribution in [3.05, 3.63) is 240 Å². The highest BCUT2D eigenvalue weighted by Gasteiger charge is 2.47. The van der Waals surface area contributed by atoms with Crippen molar-refractivity contribution in [1.82, 2.24) is 0 Å². The molecule has 564 valence electrons. The van der Waals surface area contributed by atoms with Crippen LogP contribution < -0.4 is 36.7 Å². The van der Waals surface area contributed by atoms with Gasteiger partial charge in [-0.1, -0.05) is 99.1 Å². The van der Waals surface area contributed by atoms with Crippen molar-refractivity contribution < 1.29 is 96.1 Å². The van der Waals surface area contributed by atoms with Gasteiger partial charge in [0.05, 0.1) is 51.3 Å². The molecule has 5 N–H and O–H groups in total. The molecule has 0 spiro atoms. The van der Waals surface area contributed by atoms with E-state index in [1.54, 1.807) is 72.4 Å². The van der Waals surface area contributed by atoms with E-state index in [1.165, 1.54) is 52.9 Å². The van der Waals surface area contributed by atoms with Gasteiger partial charge in [0.1, 0.15) is 43.2 Å². The van der Waals surface area contributed by atoms with E-state index in [2.05, 4.69) is 120 Å². The number of phenols is 2. The summed E-state index contributed by atoms with van der Waals surface area (Å²) in [6.07, 6.45) is 11.9. The van der Waals surface area contributed by atoms with E-state index in [0.717, 1.165) is 90.0 Å². The molecule has 0 atom stereocenters. The first-order chi connectivity index (χ1) is 50.2. The van der Waals surface area contributed by atoms with Crippen LogP contribution in [-0.4, -0.2) is 135 Å². The molecule has 0 bridgehead atoms. The number of nitrogens with zero attached hydrogens (tertiary/aromatic N) is 5. The molecule has 0 amide bonds. The Labute approximate surface area is 639 Å². The Balaban J connectivity index is 0.000000202. The molecule has 8 aromatic rings. The molecule has 0 saturated heterocycles. The van der Waals surface area contributed by atoms with E-state index >= 15 is 0 Å². The predicted molar refractivity (Wildman–Crippen MR) is 414 cm³/mol. The number of unbranched alkanes of at least 4 members (excludes halogenated alkanes) is 2. The van der Waals surface area contributed by atoms with E-state index in [4.69, 9.17) is 19.7 Å². The number of aliphatic imine (C=N–C) groups is 1. The largest absolute Gasteiger partial charge is 1.00 e. The highest BCUT2D eigenvalue weighted by atomic mass is 79.9. The number of anilines is 2. The van der Waals surface area contributed by atoms with Crippen LogP contribution in [0, 0.1) is 0 Å². The molecule has 4 aliphatic rings. The third-order valence-electron chi connectivity index (χ3n) is 20.0. The van der Waals surface area contributed by atoms with Crippen molar-refractivity contribution in [3.8, 4) is 23.0 Å². The SMILES string of the molecule is C(=Nc1ccccc1)Nc1ccccc1.CC1(C)C(/C=C/C=C2/N(CCCCCC(=O)O)c3ccc(S(=O)(=O)[O-])cc3C2(C)C)=[N+](CCCOc2ccc(O)cc2)c2ccccc21.CC1=[N+](CC(=O)O)c2ccc(S(=O)(=O)[O-])cc2C1(C)C.CC1=[N+](CCCOc2ccc(O)cc2)c2ccccc2C1(C)C.[Br-]. The first-order valence-electron chi connectivity index (χ1n) is 35.3. The van der Waals surface area contributed by atoms with Crippen LogP contribution in [0.2, 0.25) is 0 Å². The van der Waals surface area contributed by atoms with E-state index in [0.29, 0.717) is 43.2 Å². The average Bonchev–Trinajstić information content (AvgIpc) is 1.60. The summed E-state index contributed by atoms with van der Waals surface area (Å²) in [5.74, 6) is 0.172. The van der Waals surface area contributed by atoms with Gasteiger partial charge in [-0.15, -0.1) is 0 Å². The van der Waals surface area contributed by atoms with Gasteiger partial charge in [-0.2, -0.15) is 13.7 Å². The highest BCUT2D eigenvalue weighted by molar-refractivity contribution is 7.86. The number of rotatable bonds is 25. The van der Waals surface area contributed by atoms with Crippen molar-refractivity contribution in [1.29, 1.82) is 0 Å². The number of hydrogen-bond acceptors (Lipinski definition) is 14. The van der Waals surface area contributed by atoms with Crippen LogP contribution in [0.3, 0.4) is 0 Å². The number of carboxylic acid groups (broad SMARTS) is 2. The first kappa shape index (κ1) is 82.6. The fourth-order valence-corrected chi connectivity index (χ4v) is 14.7. The molecule has 0 aromatic heterocycles. The lowest BCUT2D eigenvalue weighted by atomic mass is 9.81. The number of aliphatic carboxylic acids is 2. The number of aromatic hydroxyl groups is 2. The lowest BCUT2D eigenvalue weighted by Crippen LogP contribution is -3.00. The first-order valence-corrected chi connectivity index (χ1v) is 38.1. The van der Waals surface area contributed by atoms with Gasteiger partial charge in [-0.05, 0) is 169 Å². The topological polar surface area (TPSA) is 285 Å². The number of nitrogens with one attached hydrogen (secondary N) is 1. The Morgan fingerprint density at radius 3 is 1.55 bits per heavy atom. The zero-order valence-corrected chi connectivity index (χ0v) is 65.3. The molecular formula is C84H95BrN6O14S2. The van der Waals surface area contributed by atoms with Gasteiger partial charge in [0, 0.05) is 103 Å². The zero-order valence-electron chi connectivity index (χ0n) is 62.1. The summed E-state index contributed by atoms with van der Waals surface area (Å²) in [5.41, 5.74) is 13.0. The van der Waals surface area contributed by atoms with Gasteiger partial charge in [0.15, 0.2) is 30.2 Å². The van der Waals surface area contributed by atoms with Crippen molar-refractivity contribution in [2.45, 2.75) is 139 Å². The number of phenolic OH excluding ortho intramolecular Hbond substituents is 2. The van der Waals surface area contributed by atoms with Crippen LogP contribution in [0.5, 0.6) is 23.0 Å². The number of carbonyl (C=O) groups is 2. The van der Waals surface area contributed by atoms with Crippen LogP contribution in [0.1, 0.15) is 130 Å². The lowest BCUT2D eigenvalue weighted by Gasteiger charge is -2.27. The molecule has 0 unspecified atom stereocenters. The molecule has 20 nitrogen and oxygen atoms in total. The Morgan fingerprint density at radius 1 is 0.523 bits per heavy atom. The number of para-hydroxylation sites is 4. The quantitative estimate of drug-likeness (QED) is 0.0117. The van der Waals surface area contributed by atoms with Crippen LogP contribution in [0.25, 0.3) is 0 Å². The Bertz CT molecular complexity index is 4920. The molecular weight excluding hydrogens is 1460 g/mol. The summed E-state index contributed by atoms with van der Waals surface area (Å²) >= 11 is 0. The zero-order chi connectivity index (χ0) is 76.8. The van der Waals surface area contributed by atoms with Gasteiger partial charge in [0.2, 0.25) is 23.6 Å². The summed E-state index contributed by atoms with van der Waals surface area (Å²) in [7, 11) is -9.15. The number of halogens is 1. The molecule has 23 heteroatoms. The summed E-state index contributed by atoms with van der Waals surface area (Å²) in [4.78, 5) is 27.9. The minimum absolute atomic E-state index is 0. The van der Waals surface area contributed by atoms with Crippen molar-refractivity contribution in [2.75, 3.05) is 49.6 Å². The molecule has 107 heavy (non-hydrogen) atoms. The Morgan fingerprint density at radius 2 is 1.00 bits per heavy atom. The van der Waals surface area contributed by atoms with Gasteiger partial charge in [-0.3, -0.25) is 4.79 Å². The summed E-state index contributed by atoms with van der Waals surface area (Å²) in [5, 5.41) is 40.0. The minimum Gasteiger partial charge on any atom is -1.00 e. The smallest absolute Gasteiger partial charge is 0.370 e. The Kier molecular flexibility index (Phi) is 27.5. The average molecular weight is 1560 g/mol. The van der Waals surface area contributed by atoms with E-state index < -0.39 is 43.0 Å². The third kappa shape index (κ3) is 20.4. The van der Waals surface area contributed by atoms with Crippen LogP contribution >= 0.6 is 0 Å². The fraction of sp³-hybridized carbons (Fsp3) is 0.310. The van der Waals surface area contributed by atoms with Gasteiger partial charge < -0.3 is 66.2 Å². The van der Waals surface area contributed by atoms with Crippen molar-refractivity contribution in [3.63, 3.8) is 0 Å². The maximum atomic E-state index is 11.9. The minimum atomic E-state index is -4.63. The molecule has 12 rings (SSSR count). The molecule has 8 aromatic carbocycles. The summed E-state index contributed by atoms with van der Waals surface area (Å²) in [6, 6.07) is 59.0.